The van der Waals surface area contributed by atoms with E-state index in [9.17, 15) is 14.0 Å². The third-order valence-electron chi connectivity index (χ3n) is 5.37. The van der Waals surface area contributed by atoms with E-state index in [0.717, 1.165) is 22.4 Å². The van der Waals surface area contributed by atoms with E-state index in [1.807, 2.05) is 25.3 Å². The van der Waals surface area contributed by atoms with Crippen LogP contribution < -0.4 is 4.74 Å². The summed E-state index contributed by atoms with van der Waals surface area (Å²) in [5.41, 5.74) is 2.43. The monoisotopic (exact) mass is 468 g/mol. The average Bonchev–Trinajstić information content (AvgIpc) is 3.23. The zero-order valence-electron chi connectivity index (χ0n) is 19.2. The first-order chi connectivity index (χ1) is 15.9. The Morgan fingerprint density at radius 2 is 1.79 bits per heavy atom. The van der Waals surface area contributed by atoms with Gasteiger partial charge in [0.2, 0.25) is 5.91 Å². The van der Waals surface area contributed by atoms with Crippen molar-refractivity contribution < 1.29 is 18.7 Å². The fraction of sp³-hybridized carbons (Fsp3) is 0.308. The second-order valence-electron chi connectivity index (χ2n) is 7.86. The number of hydrogen-bond donors (Lipinski definition) is 0. The number of carbonyl (C=O) groups excluding carboxylic acids is 2. The van der Waals surface area contributed by atoms with E-state index in [4.69, 9.17) is 4.74 Å². The Bertz CT molecular complexity index is 1080. The maximum atomic E-state index is 13.4. The number of thiophene rings is 1. The summed E-state index contributed by atoms with van der Waals surface area (Å²) in [6.07, 6.45) is 0.727. The fourth-order valence-corrected chi connectivity index (χ4v) is 4.43. The van der Waals surface area contributed by atoms with Crippen LogP contribution in [0.4, 0.5) is 4.39 Å². The molecular weight excluding hydrogens is 439 g/mol. The fourth-order valence-electron chi connectivity index (χ4n) is 3.51. The van der Waals surface area contributed by atoms with Gasteiger partial charge in [0, 0.05) is 23.5 Å². The summed E-state index contributed by atoms with van der Waals surface area (Å²) in [7, 11) is 1.55. The number of nitrogens with zero attached hydrogens (tertiary/aromatic N) is 2. The molecule has 0 aliphatic rings. The summed E-state index contributed by atoms with van der Waals surface area (Å²) in [4.78, 5) is 31.0. The molecule has 0 N–H and O–H groups in total. The van der Waals surface area contributed by atoms with E-state index >= 15 is 0 Å². The maximum absolute atomic E-state index is 13.4. The van der Waals surface area contributed by atoms with E-state index < -0.39 is 0 Å². The molecule has 1 heterocycles. The molecule has 0 radical (unpaired) electrons. The number of carbonyl (C=O) groups is 2. The minimum absolute atomic E-state index is 0.0322. The molecular formula is C26H29FN2O3S. The average molecular weight is 469 g/mol. The number of hydrogen-bond acceptors (Lipinski definition) is 4. The molecule has 0 saturated heterocycles. The van der Waals surface area contributed by atoms with Crippen LogP contribution in [0.5, 0.6) is 5.75 Å². The number of halogens is 1. The van der Waals surface area contributed by atoms with Gasteiger partial charge in [-0.25, -0.2) is 4.39 Å². The molecule has 0 unspecified atom stereocenters. The van der Waals surface area contributed by atoms with Crippen molar-refractivity contribution >= 4 is 23.2 Å². The first-order valence-electron chi connectivity index (χ1n) is 10.9. The normalized spacial score (nSPS) is 10.7. The van der Waals surface area contributed by atoms with Gasteiger partial charge in [0.1, 0.15) is 18.1 Å². The molecule has 0 fully saturated rings. The van der Waals surface area contributed by atoms with Gasteiger partial charge in [0.15, 0.2) is 0 Å². The van der Waals surface area contributed by atoms with Crippen LogP contribution in [0.3, 0.4) is 0 Å². The zero-order chi connectivity index (χ0) is 23.8. The first-order valence-corrected chi connectivity index (χ1v) is 11.8. The summed E-state index contributed by atoms with van der Waals surface area (Å²) in [6, 6.07) is 15.1. The number of rotatable bonds is 10. The van der Waals surface area contributed by atoms with Gasteiger partial charge >= 0.3 is 0 Å². The summed E-state index contributed by atoms with van der Waals surface area (Å²) in [5, 5.41) is 2.00. The molecule has 0 saturated carbocycles. The van der Waals surface area contributed by atoms with Crippen molar-refractivity contribution in [2.75, 3.05) is 20.2 Å². The van der Waals surface area contributed by atoms with Gasteiger partial charge in [-0.1, -0.05) is 25.1 Å². The van der Waals surface area contributed by atoms with Crippen LogP contribution in [0.1, 0.15) is 39.7 Å². The van der Waals surface area contributed by atoms with Crippen molar-refractivity contribution in [1.82, 2.24) is 9.80 Å². The van der Waals surface area contributed by atoms with Crippen LogP contribution >= 0.6 is 11.3 Å². The predicted octanol–water partition coefficient (Wildman–Crippen LogP) is 5.29. The third-order valence-corrected chi connectivity index (χ3v) is 6.37. The molecule has 2 amide bonds. The van der Waals surface area contributed by atoms with Crippen molar-refractivity contribution in [2.24, 2.45) is 0 Å². The van der Waals surface area contributed by atoms with E-state index in [1.54, 1.807) is 64.6 Å². The number of methoxy groups -OCH3 is 1. The molecule has 0 spiro atoms. The lowest BCUT2D eigenvalue weighted by Gasteiger charge is -2.28. The second-order valence-corrected chi connectivity index (χ2v) is 8.86. The highest BCUT2D eigenvalue weighted by Gasteiger charge is 2.23. The van der Waals surface area contributed by atoms with Crippen LogP contribution in [0.25, 0.3) is 0 Å². The maximum Gasteiger partial charge on any atom is 0.254 e. The smallest absolute Gasteiger partial charge is 0.254 e. The Morgan fingerprint density at radius 1 is 1.03 bits per heavy atom. The second kappa shape index (κ2) is 11.6. The molecule has 0 atom stereocenters. The highest BCUT2D eigenvalue weighted by atomic mass is 32.1. The minimum atomic E-state index is -0.316. The van der Waals surface area contributed by atoms with Gasteiger partial charge in [0.05, 0.1) is 13.7 Å². The lowest BCUT2D eigenvalue weighted by atomic mass is 10.1. The van der Waals surface area contributed by atoms with Crippen molar-refractivity contribution in [1.29, 1.82) is 0 Å². The number of amides is 2. The first kappa shape index (κ1) is 24.5. The van der Waals surface area contributed by atoms with Gasteiger partial charge in [-0.15, -0.1) is 11.3 Å². The summed E-state index contributed by atoms with van der Waals surface area (Å²) < 4.78 is 18.6. The van der Waals surface area contributed by atoms with Gasteiger partial charge in [-0.05, 0) is 66.2 Å². The Kier molecular flexibility index (Phi) is 8.60. The Labute approximate surface area is 198 Å². The molecule has 1 aromatic heterocycles. The minimum Gasteiger partial charge on any atom is -0.497 e. The number of benzene rings is 2. The van der Waals surface area contributed by atoms with Gasteiger partial charge in [-0.2, -0.15) is 0 Å². The number of aryl methyl sites for hydroxylation is 1. The molecule has 5 nitrogen and oxygen atoms in total. The van der Waals surface area contributed by atoms with Crippen LogP contribution in [-0.4, -0.2) is 41.8 Å². The zero-order valence-corrected chi connectivity index (χ0v) is 20.0. The Morgan fingerprint density at radius 3 is 2.42 bits per heavy atom. The lowest BCUT2D eigenvalue weighted by molar-refractivity contribution is -0.133. The van der Waals surface area contributed by atoms with Crippen LogP contribution in [0, 0.1) is 12.7 Å². The highest BCUT2D eigenvalue weighted by Crippen LogP contribution is 2.20. The van der Waals surface area contributed by atoms with Crippen LogP contribution in [0.15, 0.2) is 60.0 Å². The van der Waals surface area contributed by atoms with E-state index in [-0.39, 0.29) is 24.2 Å². The van der Waals surface area contributed by atoms with Gasteiger partial charge < -0.3 is 14.5 Å². The quantitative estimate of drug-likeness (QED) is 0.407. The molecule has 7 heteroatoms. The van der Waals surface area contributed by atoms with Crippen molar-refractivity contribution in [3.05, 3.63) is 87.4 Å². The molecule has 174 valence electrons. The molecule has 0 aliphatic heterocycles. The van der Waals surface area contributed by atoms with Crippen LogP contribution in [0.2, 0.25) is 0 Å². The van der Waals surface area contributed by atoms with Crippen molar-refractivity contribution in [3.8, 4) is 5.75 Å². The third kappa shape index (κ3) is 6.65. The standard InChI is InChI=1S/C26H29FN2O3S/c1-4-13-28(26(31)21-6-5-7-23(15-21)32-3)18-25(30)29(17-24-19(2)12-14-33-24)16-20-8-10-22(27)11-9-20/h5-12,14-15H,4,13,16-18H2,1-3H3. The SMILES string of the molecule is CCCN(CC(=O)N(Cc1ccc(F)cc1)Cc1sccc1C)C(=O)c1cccc(OC)c1. The number of ether oxygens (including phenoxy) is 1. The Hall–Kier alpha value is -3.19. The lowest BCUT2D eigenvalue weighted by Crippen LogP contribution is -2.42. The summed E-state index contributed by atoms with van der Waals surface area (Å²) in [6.45, 7) is 5.19. The summed E-state index contributed by atoms with van der Waals surface area (Å²) >= 11 is 1.60. The predicted molar refractivity (Wildman–Crippen MR) is 129 cm³/mol. The molecule has 0 bridgehead atoms. The molecule has 33 heavy (non-hydrogen) atoms. The molecule has 3 aromatic rings. The van der Waals surface area contributed by atoms with Crippen LogP contribution in [-0.2, 0) is 17.9 Å². The van der Waals surface area contributed by atoms with E-state index in [1.165, 1.54) is 12.1 Å². The van der Waals surface area contributed by atoms with Crippen molar-refractivity contribution in [3.63, 3.8) is 0 Å². The van der Waals surface area contributed by atoms with Gasteiger partial charge in [-0.3, -0.25) is 9.59 Å². The van der Waals surface area contributed by atoms with Crippen molar-refractivity contribution in [2.45, 2.75) is 33.4 Å². The van der Waals surface area contributed by atoms with Gasteiger partial charge in [0.25, 0.3) is 5.91 Å². The molecule has 2 aromatic carbocycles. The van der Waals surface area contributed by atoms with E-state index in [2.05, 4.69) is 0 Å². The topological polar surface area (TPSA) is 49.9 Å². The Balaban J connectivity index is 1.81. The highest BCUT2D eigenvalue weighted by molar-refractivity contribution is 7.10. The largest absolute Gasteiger partial charge is 0.497 e. The van der Waals surface area contributed by atoms with E-state index in [0.29, 0.717) is 30.9 Å². The molecule has 0 aliphatic carbocycles. The summed E-state index contributed by atoms with van der Waals surface area (Å²) in [5.74, 6) is -0.0894. The molecule has 3 rings (SSSR count).